The van der Waals surface area contributed by atoms with Crippen molar-refractivity contribution in [3.63, 3.8) is 0 Å². The summed E-state index contributed by atoms with van der Waals surface area (Å²) in [7, 11) is 2.05. The highest BCUT2D eigenvalue weighted by Crippen LogP contribution is 2.18. The summed E-state index contributed by atoms with van der Waals surface area (Å²) in [6.07, 6.45) is 2.69. The minimum atomic E-state index is 0.743. The van der Waals surface area contributed by atoms with E-state index in [-0.39, 0.29) is 0 Å². The molecule has 4 heteroatoms. The predicted octanol–water partition coefficient (Wildman–Crippen LogP) is 2.19. The van der Waals surface area contributed by atoms with Gasteiger partial charge in [-0.05, 0) is 57.3 Å². The Bertz CT molecular complexity index is 411. The van der Waals surface area contributed by atoms with Crippen LogP contribution in [0, 0.1) is 18.8 Å². The summed E-state index contributed by atoms with van der Waals surface area (Å²) in [5, 5.41) is 8.05. The molecule has 1 aromatic heterocycles. The number of hydrogen-bond donors (Lipinski definition) is 1. The first-order chi connectivity index (χ1) is 9.54. The first-order valence-electron chi connectivity index (χ1n) is 7.97. The molecule has 1 fully saturated rings. The Morgan fingerprint density at radius 2 is 2.25 bits per heavy atom. The lowest BCUT2D eigenvalue weighted by atomic mass is 9.97. The summed E-state index contributed by atoms with van der Waals surface area (Å²) >= 11 is 0. The van der Waals surface area contributed by atoms with Crippen molar-refractivity contribution in [1.29, 1.82) is 0 Å². The second kappa shape index (κ2) is 7.23. The molecule has 1 atom stereocenters. The van der Waals surface area contributed by atoms with Gasteiger partial charge in [0.05, 0.1) is 11.4 Å². The van der Waals surface area contributed by atoms with Gasteiger partial charge in [0.2, 0.25) is 0 Å². The van der Waals surface area contributed by atoms with Crippen molar-refractivity contribution < 1.29 is 0 Å². The standard InChI is InChI=1S/C16H30N4/c1-13(2)9-17-10-15-6-5-7-20(11-15)12-16-8-14(3)18-19(16)4/h8,13,15,17H,5-7,9-12H2,1-4H3. The zero-order valence-electron chi connectivity index (χ0n) is 13.5. The molecular weight excluding hydrogens is 248 g/mol. The van der Waals surface area contributed by atoms with E-state index in [1.54, 1.807) is 0 Å². The van der Waals surface area contributed by atoms with Gasteiger partial charge in [-0.2, -0.15) is 5.10 Å². The normalized spacial score (nSPS) is 20.8. The quantitative estimate of drug-likeness (QED) is 0.866. The maximum atomic E-state index is 4.44. The van der Waals surface area contributed by atoms with Gasteiger partial charge in [-0.15, -0.1) is 0 Å². The summed E-state index contributed by atoms with van der Waals surface area (Å²) in [6.45, 7) is 12.4. The molecule has 2 heterocycles. The van der Waals surface area contributed by atoms with Gasteiger partial charge < -0.3 is 5.32 Å². The van der Waals surface area contributed by atoms with Crippen molar-refractivity contribution >= 4 is 0 Å². The topological polar surface area (TPSA) is 33.1 Å². The molecule has 1 aliphatic heterocycles. The third-order valence-corrected chi connectivity index (χ3v) is 4.07. The summed E-state index contributed by atoms with van der Waals surface area (Å²) < 4.78 is 2.02. The molecule has 1 saturated heterocycles. The minimum Gasteiger partial charge on any atom is -0.316 e. The minimum absolute atomic E-state index is 0.743. The number of rotatable bonds is 6. The number of likely N-dealkylation sites (tertiary alicyclic amines) is 1. The van der Waals surface area contributed by atoms with Gasteiger partial charge in [0, 0.05) is 20.1 Å². The third-order valence-electron chi connectivity index (χ3n) is 4.07. The molecule has 0 amide bonds. The highest BCUT2D eigenvalue weighted by Gasteiger charge is 2.20. The second-order valence-corrected chi connectivity index (χ2v) is 6.70. The van der Waals surface area contributed by atoms with E-state index in [4.69, 9.17) is 0 Å². The zero-order valence-corrected chi connectivity index (χ0v) is 13.5. The molecule has 20 heavy (non-hydrogen) atoms. The Balaban J connectivity index is 1.79. The van der Waals surface area contributed by atoms with E-state index in [0.29, 0.717) is 0 Å². The van der Waals surface area contributed by atoms with Crippen molar-refractivity contribution in [1.82, 2.24) is 20.0 Å². The van der Waals surface area contributed by atoms with Gasteiger partial charge in [-0.25, -0.2) is 0 Å². The van der Waals surface area contributed by atoms with Crippen LogP contribution in [0.1, 0.15) is 38.1 Å². The van der Waals surface area contributed by atoms with Gasteiger partial charge in [0.1, 0.15) is 0 Å². The average molecular weight is 278 g/mol. The maximum absolute atomic E-state index is 4.44. The molecular formula is C16H30N4. The Morgan fingerprint density at radius 3 is 2.90 bits per heavy atom. The van der Waals surface area contributed by atoms with Crippen molar-refractivity contribution in [2.75, 3.05) is 26.2 Å². The van der Waals surface area contributed by atoms with Crippen molar-refractivity contribution in [2.24, 2.45) is 18.9 Å². The lowest BCUT2D eigenvalue weighted by Gasteiger charge is -2.33. The van der Waals surface area contributed by atoms with Crippen LogP contribution in [-0.4, -0.2) is 40.9 Å². The first kappa shape index (κ1) is 15.5. The van der Waals surface area contributed by atoms with Gasteiger partial charge in [-0.1, -0.05) is 13.8 Å². The Kier molecular flexibility index (Phi) is 5.61. The van der Waals surface area contributed by atoms with Crippen molar-refractivity contribution in [3.8, 4) is 0 Å². The Labute approximate surface area is 123 Å². The lowest BCUT2D eigenvalue weighted by molar-refractivity contribution is 0.161. The van der Waals surface area contributed by atoms with Crippen LogP contribution in [0.5, 0.6) is 0 Å². The Hall–Kier alpha value is -0.870. The first-order valence-corrected chi connectivity index (χ1v) is 7.97. The molecule has 1 N–H and O–H groups in total. The molecule has 1 aromatic rings. The van der Waals surface area contributed by atoms with Crippen LogP contribution in [0.2, 0.25) is 0 Å². The fourth-order valence-electron chi connectivity index (χ4n) is 3.08. The van der Waals surface area contributed by atoms with Gasteiger partial charge >= 0.3 is 0 Å². The summed E-state index contributed by atoms with van der Waals surface area (Å²) in [5.74, 6) is 1.55. The molecule has 1 aliphatic rings. The van der Waals surface area contributed by atoms with Crippen LogP contribution in [0.4, 0.5) is 0 Å². The number of aromatic nitrogens is 2. The van der Waals surface area contributed by atoms with E-state index in [1.807, 2.05) is 11.7 Å². The van der Waals surface area contributed by atoms with E-state index >= 15 is 0 Å². The van der Waals surface area contributed by atoms with E-state index in [2.05, 4.69) is 42.2 Å². The number of nitrogens with zero attached hydrogens (tertiary/aromatic N) is 3. The summed E-state index contributed by atoms with van der Waals surface area (Å²) in [6, 6.07) is 2.21. The van der Waals surface area contributed by atoms with Gasteiger partial charge in [0.15, 0.2) is 0 Å². The van der Waals surface area contributed by atoms with Gasteiger partial charge in [-0.3, -0.25) is 9.58 Å². The highest BCUT2D eigenvalue weighted by molar-refractivity contribution is 5.08. The fraction of sp³-hybridized carbons (Fsp3) is 0.812. The van der Waals surface area contributed by atoms with Crippen LogP contribution in [0.25, 0.3) is 0 Å². The lowest BCUT2D eigenvalue weighted by Crippen LogP contribution is -2.40. The average Bonchev–Trinajstić information content (AvgIpc) is 2.68. The van der Waals surface area contributed by atoms with Crippen molar-refractivity contribution in [2.45, 2.75) is 40.2 Å². The molecule has 0 aliphatic carbocycles. The molecule has 114 valence electrons. The molecule has 0 bridgehead atoms. The van der Waals surface area contributed by atoms with E-state index < -0.39 is 0 Å². The monoisotopic (exact) mass is 278 g/mol. The third kappa shape index (κ3) is 4.60. The summed E-state index contributed by atoms with van der Waals surface area (Å²) in [5.41, 5.74) is 2.45. The number of aryl methyl sites for hydroxylation is 2. The molecule has 2 rings (SSSR count). The number of nitrogens with one attached hydrogen (secondary N) is 1. The van der Waals surface area contributed by atoms with Crippen LogP contribution in [0.3, 0.4) is 0 Å². The molecule has 0 saturated carbocycles. The fourth-order valence-corrected chi connectivity index (χ4v) is 3.08. The Morgan fingerprint density at radius 1 is 1.45 bits per heavy atom. The van der Waals surface area contributed by atoms with Crippen LogP contribution in [-0.2, 0) is 13.6 Å². The van der Waals surface area contributed by atoms with Crippen LogP contribution in [0.15, 0.2) is 6.07 Å². The largest absolute Gasteiger partial charge is 0.316 e. The highest BCUT2D eigenvalue weighted by atomic mass is 15.3. The van der Waals surface area contributed by atoms with E-state index in [0.717, 1.165) is 30.6 Å². The van der Waals surface area contributed by atoms with Gasteiger partial charge in [0.25, 0.3) is 0 Å². The van der Waals surface area contributed by atoms with Crippen molar-refractivity contribution in [3.05, 3.63) is 17.5 Å². The molecule has 1 unspecified atom stereocenters. The molecule has 4 nitrogen and oxygen atoms in total. The molecule has 0 radical (unpaired) electrons. The molecule has 0 aromatic carbocycles. The summed E-state index contributed by atoms with van der Waals surface area (Å²) in [4.78, 5) is 2.58. The molecule has 0 spiro atoms. The second-order valence-electron chi connectivity index (χ2n) is 6.70. The number of hydrogen-bond acceptors (Lipinski definition) is 3. The van der Waals surface area contributed by atoms with Crippen LogP contribution >= 0.6 is 0 Å². The number of piperidine rings is 1. The maximum Gasteiger partial charge on any atom is 0.0597 e. The van der Waals surface area contributed by atoms with E-state index in [9.17, 15) is 0 Å². The predicted molar refractivity (Wildman–Crippen MR) is 83.7 cm³/mol. The van der Waals surface area contributed by atoms with E-state index in [1.165, 1.54) is 38.2 Å². The van der Waals surface area contributed by atoms with Crippen LogP contribution < -0.4 is 5.32 Å². The SMILES string of the molecule is Cc1cc(CN2CCCC(CNCC(C)C)C2)n(C)n1. The zero-order chi connectivity index (χ0) is 14.5. The smallest absolute Gasteiger partial charge is 0.0597 e.